The first-order valence-electron chi connectivity index (χ1n) is 10.2. The van der Waals surface area contributed by atoms with E-state index in [1.54, 1.807) is 32.9 Å². The minimum Gasteiger partial charge on any atom is -0.460 e. The maximum atomic E-state index is 12.8. The van der Waals surface area contributed by atoms with E-state index < -0.39 is 52.4 Å². The lowest BCUT2D eigenvalue weighted by Crippen LogP contribution is -2.72. The van der Waals surface area contributed by atoms with Crippen LogP contribution < -0.4 is 10.6 Å². The van der Waals surface area contributed by atoms with Gasteiger partial charge in [0.25, 0.3) is 10.2 Å². The summed E-state index contributed by atoms with van der Waals surface area (Å²) >= 11 is 0. The molecule has 0 radical (unpaired) electrons. The van der Waals surface area contributed by atoms with Gasteiger partial charge in [0, 0.05) is 19.6 Å². The van der Waals surface area contributed by atoms with E-state index in [-0.39, 0.29) is 26.2 Å². The van der Waals surface area contributed by atoms with Gasteiger partial charge in [-0.15, -0.1) is 0 Å². The molecular formula is C20H28N4O7S. The maximum Gasteiger partial charge on any atom is 0.408 e. The fourth-order valence-corrected chi connectivity index (χ4v) is 4.87. The van der Waals surface area contributed by atoms with Crippen LogP contribution in [0, 0.1) is 0 Å². The number of rotatable bonds is 7. The molecule has 2 saturated heterocycles. The van der Waals surface area contributed by atoms with E-state index in [0.717, 1.165) is 9.87 Å². The largest absolute Gasteiger partial charge is 0.460 e. The summed E-state index contributed by atoms with van der Waals surface area (Å²) < 4.78 is 38.1. The van der Waals surface area contributed by atoms with Gasteiger partial charge in [-0.25, -0.2) is 4.79 Å². The van der Waals surface area contributed by atoms with Crippen LogP contribution in [0.3, 0.4) is 0 Å². The molecule has 2 amide bonds. The summed E-state index contributed by atoms with van der Waals surface area (Å²) in [5.74, 6) is -1.07. The Morgan fingerprint density at radius 2 is 1.81 bits per heavy atom. The Labute approximate surface area is 187 Å². The molecule has 0 spiro atoms. The Morgan fingerprint density at radius 1 is 1.16 bits per heavy atom. The van der Waals surface area contributed by atoms with Crippen LogP contribution in [0.1, 0.15) is 26.3 Å². The molecule has 1 aromatic carbocycles. The zero-order valence-electron chi connectivity index (χ0n) is 18.2. The summed E-state index contributed by atoms with van der Waals surface area (Å²) in [5, 5.41) is 5.06. The predicted molar refractivity (Wildman–Crippen MR) is 113 cm³/mol. The van der Waals surface area contributed by atoms with E-state index in [9.17, 15) is 22.8 Å². The van der Waals surface area contributed by atoms with Gasteiger partial charge < -0.3 is 20.1 Å². The first kappa shape index (κ1) is 24.0. The second-order valence-corrected chi connectivity index (χ2v) is 10.5. The number of esters is 1. The zero-order chi connectivity index (χ0) is 23.5. The lowest BCUT2D eigenvalue weighted by atomic mass is 9.99. The molecule has 2 aliphatic rings. The van der Waals surface area contributed by atoms with E-state index in [4.69, 9.17) is 9.47 Å². The Balaban J connectivity index is 1.51. The van der Waals surface area contributed by atoms with Crippen LogP contribution in [0.25, 0.3) is 0 Å². The number of alkyl carbamates (subject to hydrolysis) is 1. The number of hydrogen-bond donors (Lipinski definition) is 2. The molecular weight excluding hydrogens is 440 g/mol. The second kappa shape index (κ2) is 9.43. The van der Waals surface area contributed by atoms with Crippen LogP contribution in [0.2, 0.25) is 0 Å². The quantitative estimate of drug-likeness (QED) is 0.424. The minimum atomic E-state index is -3.90. The van der Waals surface area contributed by atoms with Crippen LogP contribution in [-0.4, -0.2) is 78.9 Å². The molecule has 0 aliphatic carbocycles. The van der Waals surface area contributed by atoms with Crippen molar-refractivity contribution in [1.82, 2.24) is 19.2 Å². The van der Waals surface area contributed by atoms with Crippen molar-refractivity contribution in [3.05, 3.63) is 35.9 Å². The maximum absolute atomic E-state index is 12.8. The van der Waals surface area contributed by atoms with E-state index in [1.165, 1.54) is 4.31 Å². The normalized spacial score (nSPS) is 23.2. The average Bonchev–Trinajstić information content (AvgIpc) is 2.97. The number of hydrogen-bond acceptors (Lipinski definition) is 7. The van der Waals surface area contributed by atoms with Gasteiger partial charge in [-0.3, -0.25) is 9.59 Å². The standard InChI is InChI=1S/C20H28N4O7S/c1-20(2,3)31-19(27)22-17-15(21-18(17)26)11-23-9-10-24(32(23,28)29)12-16(25)30-13-14-7-5-4-6-8-14/h4-8,15,17H,9-13H2,1-3H3,(H,21,26)(H,22,27)/t15-,17+/m1/s1. The Hall–Kier alpha value is -2.70. The highest BCUT2D eigenvalue weighted by Gasteiger charge is 2.46. The van der Waals surface area contributed by atoms with Crippen molar-refractivity contribution in [3.8, 4) is 0 Å². The fourth-order valence-electron chi connectivity index (χ4n) is 3.30. The molecule has 12 heteroatoms. The van der Waals surface area contributed by atoms with Gasteiger partial charge in [0.15, 0.2) is 0 Å². The smallest absolute Gasteiger partial charge is 0.408 e. The van der Waals surface area contributed by atoms with Gasteiger partial charge >= 0.3 is 12.1 Å². The van der Waals surface area contributed by atoms with E-state index in [1.807, 2.05) is 18.2 Å². The minimum absolute atomic E-state index is 0.0376. The molecule has 2 atom stereocenters. The number of ether oxygens (including phenoxy) is 2. The van der Waals surface area contributed by atoms with Gasteiger partial charge in [-0.05, 0) is 26.3 Å². The molecule has 1 aromatic rings. The predicted octanol–water partition coefficient (Wildman–Crippen LogP) is -0.0161. The van der Waals surface area contributed by atoms with Crippen LogP contribution in [0.5, 0.6) is 0 Å². The van der Waals surface area contributed by atoms with Crippen molar-refractivity contribution in [3.63, 3.8) is 0 Å². The molecule has 32 heavy (non-hydrogen) atoms. The molecule has 0 bridgehead atoms. The van der Waals surface area contributed by atoms with Crippen molar-refractivity contribution in [1.29, 1.82) is 0 Å². The van der Waals surface area contributed by atoms with Crippen molar-refractivity contribution in [2.24, 2.45) is 0 Å². The first-order valence-corrected chi connectivity index (χ1v) is 11.6. The number of nitrogens with zero attached hydrogens (tertiary/aromatic N) is 2. The highest BCUT2D eigenvalue weighted by molar-refractivity contribution is 7.87. The van der Waals surface area contributed by atoms with E-state index >= 15 is 0 Å². The second-order valence-electron chi connectivity index (χ2n) is 8.58. The molecule has 2 heterocycles. The third-order valence-electron chi connectivity index (χ3n) is 4.88. The topological polar surface area (TPSA) is 134 Å². The third-order valence-corrected chi connectivity index (χ3v) is 6.83. The Bertz CT molecular complexity index is 962. The van der Waals surface area contributed by atoms with Gasteiger partial charge in [-0.1, -0.05) is 30.3 Å². The summed E-state index contributed by atoms with van der Waals surface area (Å²) in [4.78, 5) is 35.9. The number of nitrogens with one attached hydrogen (secondary N) is 2. The molecule has 0 saturated carbocycles. The first-order chi connectivity index (χ1) is 15.0. The van der Waals surface area contributed by atoms with Crippen molar-refractivity contribution >= 4 is 28.2 Å². The van der Waals surface area contributed by atoms with Crippen LogP contribution in [0.15, 0.2) is 30.3 Å². The highest BCUT2D eigenvalue weighted by Crippen LogP contribution is 2.20. The zero-order valence-corrected chi connectivity index (χ0v) is 19.1. The van der Waals surface area contributed by atoms with Crippen molar-refractivity contribution in [2.45, 2.75) is 45.1 Å². The average molecular weight is 469 g/mol. The van der Waals surface area contributed by atoms with Crippen LogP contribution >= 0.6 is 0 Å². The number of amides is 2. The molecule has 2 N–H and O–H groups in total. The van der Waals surface area contributed by atoms with E-state index in [2.05, 4.69) is 10.6 Å². The fraction of sp³-hybridized carbons (Fsp3) is 0.550. The molecule has 3 rings (SSSR count). The Kier molecular flexibility index (Phi) is 7.06. The van der Waals surface area contributed by atoms with Crippen molar-refractivity contribution in [2.75, 3.05) is 26.2 Å². The van der Waals surface area contributed by atoms with E-state index in [0.29, 0.717) is 0 Å². The van der Waals surface area contributed by atoms with Gasteiger partial charge in [0.05, 0.1) is 6.04 Å². The number of carbonyl (C=O) groups excluding carboxylic acids is 3. The van der Waals surface area contributed by atoms with Crippen LogP contribution in [0.4, 0.5) is 4.79 Å². The van der Waals surface area contributed by atoms with Gasteiger partial charge in [-0.2, -0.15) is 17.0 Å². The summed E-state index contributed by atoms with van der Waals surface area (Å²) in [6, 6.07) is 7.58. The number of β-lactam (4-membered cyclic amide) rings is 1. The monoisotopic (exact) mass is 468 g/mol. The third kappa shape index (κ3) is 5.96. The molecule has 2 fully saturated rings. The summed E-state index contributed by atoms with van der Waals surface area (Å²) in [7, 11) is -3.90. The molecule has 2 aliphatic heterocycles. The lowest BCUT2D eigenvalue weighted by molar-refractivity contribution is -0.145. The van der Waals surface area contributed by atoms with Gasteiger partial charge in [0.2, 0.25) is 5.91 Å². The molecule has 0 aromatic heterocycles. The number of benzene rings is 1. The summed E-state index contributed by atoms with van der Waals surface area (Å²) in [5.41, 5.74) is 0.0734. The van der Waals surface area contributed by atoms with Crippen LogP contribution in [-0.2, 0) is 35.9 Å². The summed E-state index contributed by atoms with van der Waals surface area (Å²) in [6.45, 7) is 4.98. The van der Waals surface area contributed by atoms with Crippen molar-refractivity contribution < 1.29 is 32.3 Å². The lowest BCUT2D eigenvalue weighted by Gasteiger charge is -2.38. The SMILES string of the molecule is CC(C)(C)OC(=O)N[C@@H]1C(=O)N[C@@H]1CN1CCN(CC(=O)OCc2ccccc2)S1(=O)=O. The number of carbonyl (C=O) groups is 3. The highest BCUT2D eigenvalue weighted by atomic mass is 32.2. The van der Waals surface area contributed by atoms with Gasteiger partial charge in [0.1, 0.15) is 24.8 Å². The molecule has 11 nitrogen and oxygen atoms in total. The molecule has 0 unspecified atom stereocenters. The summed E-state index contributed by atoms with van der Waals surface area (Å²) in [6.07, 6.45) is -0.755. The molecule has 176 valence electrons. The Morgan fingerprint density at radius 3 is 2.44 bits per heavy atom.